The van der Waals surface area contributed by atoms with E-state index in [1.54, 1.807) is 0 Å². The lowest BCUT2D eigenvalue weighted by molar-refractivity contribution is 1.19. The normalized spacial score (nSPS) is 11.6. The van der Waals surface area contributed by atoms with Crippen LogP contribution in [0.5, 0.6) is 0 Å². The third kappa shape index (κ3) is 5.16. The monoisotopic (exact) mass is 716 g/mol. The molecule has 11 rings (SSSR count). The fourth-order valence-corrected chi connectivity index (χ4v) is 9.69. The summed E-state index contributed by atoms with van der Waals surface area (Å²) in [7, 11) is 0. The number of rotatable bonds is 5. The van der Waals surface area contributed by atoms with Crippen LogP contribution in [0, 0.1) is 0 Å². The average Bonchev–Trinajstić information content (AvgIpc) is 3.65. The number of hydrogen-bond donors (Lipinski definition) is 0. The lowest BCUT2D eigenvalue weighted by Crippen LogP contribution is -1.99. The van der Waals surface area contributed by atoms with Gasteiger partial charge in [0.25, 0.3) is 0 Å². The molecule has 2 nitrogen and oxygen atoms in total. The standard InChI is InChI=1S/C52H32N2S/c1-3-17-34(18-4-1)48-40-25-11-12-26-41(40)50(49-36-21-8-7-16-33(36)30-31-44(48)49)46-32-45(53-52(54-46)35-19-5-2-6-20-35)38-23-10-9-22-37(38)42-27-15-28-43-39-24-13-14-29-47(39)55-51(42)43/h1-32H. The minimum absolute atomic E-state index is 0.701. The molecule has 256 valence electrons. The van der Waals surface area contributed by atoms with Gasteiger partial charge in [0, 0.05) is 47.8 Å². The van der Waals surface area contributed by atoms with Crippen molar-refractivity contribution in [1.29, 1.82) is 0 Å². The molecule has 0 saturated carbocycles. The molecule has 0 unspecified atom stereocenters. The molecule has 55 heavy (non-hydrogen) atoms. The first-order chi connectivity index (χ1) is 27.3. The minimum Gasteiger partial charge on any atom is -0.228 e. The predicted molar refractivity (Wildman–Crippen MR) is 235 cm³/mol. The second kappa shape index (κ2) is 12.9. The van der Waals surface area contributed by atoms with Crippen LogP contribution in [0.15, 0.2) is 194 Å². The van der Waals surface area contributed by atoms with E-state index in [1.165, 1.54) is 63.8 Å². The van der Waals surface area contributed by atoms with E-state index in [0.717, 1.165) is 39.0 Å². The average molecular weight is 717 g/mol. The van der Waals surface area contributed by atoms with E-state index < -0.39 is 0 Å². The van der Waals surface area contributed by atoms with Crippen molar-refractivity contribution < 1.29 is 0 Å². The van der Waals surface area contributed by atoms with Crippen LogP contribution < -0.4 is 0 Å². The van der Waals surface area contributed by atoms with Crippen LogP contribution >= 0.6 is 11.3 Å². The van der Waals surface area contributed by atoms with Gasteiger partial charge in [-0.2, -0.15) is 0 Å². The topological polar surface area (TPSA) is 25.8 Å². The summed E-state index contributed by atoms with van der Waals surface area (Å²) in [6.45, 7) is 0. The predicted octanol–water partition coefficient (Wildman–Crippen LogP) is 14.6. The number of benzene rings is 9. The highest BCUT2D eigenvalue weighted by atomic mass is 32.1. The summed E-state index contributed by atoms with van der Waals surface area (Å²) >= 11 is 1.86. The van der Waals surface area contributed by atoms with Crippen LogP contribution in [0.25, 0.3) is 109 Å². The summed E-state index contributed by atoms with van der Waals surface area (Å²) in [6.07, 6.45) is 0. The van der Waals surface area contributed by atoms with Crippen molar-refractivity contribution >= 4 is 63.8 Å². The van der Waals surface area contributed by atoms with Crippen molar-refractivity contribution in [2.75, 3.05) is 0 Å². The molecule has 0 fully saturated rings. The highest BCUT2D eigenvalue weighted by molar-refractivity contribution is 7.26. The van der Waals surface area contributed by atoms with Gasteiger partial charge in [0.15, 0.2) is 5.82 Å². The smallest absolute Gasteiger partial charge is 0.160 e. The van der Waals surface area contributed by atoms with E-state index in [-0.39, 0.29) is 0 Å². The van der Waals surface area contributed by atoms with E-state index >= 15 is 0 Å². The van der Waals surface area contributed by atoms with Crippen molar-refractivity contribution in [2.45, 2.75) is 0 Å². The molecule has 2 aromatic heterocycles. The molecule has 0 aliphatic carbocycles. The van der Waals surface area contributed by atoms with Crippen LogP contribution in [0.2, 0.25) is 0 Å². The summed E-state index contributed by atoms with van der Waals surface area (Å²) in [5.41, 5.74) is 9.77. The molecule has 11 aromatic rings. The van der Waals surface area contributed by atoms with Crippen LogP contribution in [0.3, 0.4) is 0 Å². The Morgan fingerprint density at radius 1 is 0.345 bits per heavy atom. The zero-order valence-corrected chi connectivity index (χ0v) is 30.6. The Morgan fingerprint density at radius 3 is 1.73 bits per heavy atom. The quantitative estimate of drug-likeness (QED) is 0.131. The third-order valence-electron chi connectivity index (χ3n) is 10.9. The molecule has 0 atom stereocenters. The maximum Gasteiger partial charge on any atom is 0.160 e. The summed E-state index contributed by atoms with van der Waals surface area (Å²) in [4.78, 5) is 10.9. The molecular weight excluding hydrogens is 685 g/mol. The lowest BCUT2D eigenvalue weighted by atomic mass is 9.85. The first-order valence-electron chi connectivity index (χ1n) is 18.7. The van der Waals surface area contributed by atoms with Gasteiger partial charge >= 0.3 is 0 Å². The Hall–Kier alpha value is -6.94. The molecule has 0 aliphatic heterocycles. The molecule has 0 amide bonds. The third-order valence-corrected chi connectivity index (χ3v) is 12.1. The van der Waals surface area contributed by atoms with Gasteiger partial charge in [-0.3, -0.25) is 0 Å². The Bertz CT molecular complexity index is 3250. The molecule has 0 saturated heterocycles. The zero-order valence-electron chi connectivity index (χ0n) is 29.8. The second-order valence-corrected chi connectivity index (χ2v) is 15.1. The summed E-state index contributed by atoms with van der Waals surface area (Å²) in [5, 5.41) is 9.74. The summed E-state index contributed by atoms with van der Waals surface area (Å²) in [6, 6.07) is 69.6. The molecule has 0 spiro atoms. The van der Waals surface area contributed by atoms with Crippen molar-refractivity contribution in [3.8, 4) is 56.2 Å². The molecule has 0 bridgehead atoms. The molecule has 0 radical (unpaired) electrons. The molecule has 3 heteroatoms. The van der Waals surface area contributed by atoms with E-state index in [2.05, 4.69) is 188 Å². The van der Waals surface area contributed by atoms with Crippen molar-refractivity contribution in [3.05, 3.63) is 194 Å². The van der Waals surface area contributed by atoms with Gasteiger partial charge in [0.1, 0.15) is 0 Å². The van der Waals surface area contributed by atoms with Gasteiger partial charge in [0.05, 0.1) is 11.4 Å². The van der Waals surface area contributed by atoms with Crippen molar-refractivity contribution in [1.82, 2.24) is 9.97 Å². The summed E-state index contributed by atoms with van der Waals surface area (Å²) in [5.74, 6) is 0.701. The maximum atomic E-state index is 5.48. The van der Waals surface area contributed by atoms with Crippen LogP contribution in [-0.2, 0) is 0 Å². The fourth-order valence-electron chi connectivity index (χ4n) is 8.46. The SMILES string of the molecule is c1ccc(-c2nc(-c3ccccc3-c3cccc4c3sc3ccccc34)cc(-c3c4ccccc4c(-c4ccccc4)c4ccc5ccccc5c34)n2)cc1. The molecular formula is C52H32N2S. The number of hydrogen-bond acceptors (Lipinski definition) is 3. The number of aromatic nitrogens is 2. The first-order valence-corrected chi connectivity index (χ1v) is 19.5. The Morgan fingerprint density at radius 2 is 0.927 bits per heavy atom. The van der Waals surface area contributed by atoms with Crippen LogP contribution in [0.1, 0.15) is 0 Å². The van der Waals surface area contributed by atoms with E-state index in [4.69, 9.17) is 9.97 Å². The molecule has 9 aromatic carbocycles. The molecule has 0 N–H and O–H groups in total. The second-order valence-electron chi connectivity index (χ2n) is 14.0. The molecule has 0 aliphatic rings. The van der Waals surface area contributed by atoms with Crippen LogP contribution in [-0.4, -0.2) is 9.97 Å². The zero-order chi connectivity index (χ0) is 36.3. The van der Waals surface area contributed by atoms with E-state index in [0.29, 0.717) is 5.82 Å². The maximum absolute atomic E-state index is 5.48. The number of nitrogens with zero attached hydrogens (tertiary/aromatic N) is 2. The molecule has 2 heterocycles. The van der Waals surface area contributed by atoms with Crippen molar-refractivity contribution in [3.63, 3.8) is 0 Å². The first kappa shape index (κ1) is 31.6. The van der Waals surface area contributed by atoms with Crippen molar-refractivity contribution in [2.24, 2.45) is 0 Å². The van der Waals surface area contributed by atoms with Crippen LogP contribution in [0.4, 0.5) is 0 Å². The summed E-state index contributed by atoms with van der Waals surface area (Å²) < 4.78 is 2.58. The number of fused-ring (bicyclic) bond motifs is 7. The Kier molecular flexibility index (Phi) is 7.39. The highest BCUT2D eigenvalue weighted by Crippen LogP contribution is 2.47. The lowest BCUT2D eigenvalue weighted by Gasteiger charge is -2.20. The Balaban J connectivity index is 1.25. The minimum atomic E-state index is 0.701. The largest absolute Gasteiger partial charge is 0.228 e. The van der Waals surface area contributed by atoms with Gasteiger partial charge in [-0.15, -0.1) is 11.3 Å². The fraction of sp³-hybridized carbons (Fsp3) is 0. The van der Waals surface area contributed by atoms with Gasteiger partial charge in [-0.05, 0) is 55.8 Å². The van der Waals surface area contributed by atoms with Gasteiger partial charge in [-0.25, -0.2) is 9.97 Å². The van der Waals surface area contributed by atoms with Gasteiger partial charge < -0.3 is 0 Å². The van der Waals surface area contributed by atoms with Gasteiger partial charge in [-0.1, -0.05) is 182 Å². The van der Waals surface area contributed by atoms with E-state index in [9.17, 15) is 0 Å². The van der Waals surface area contributed by atoms with Gasteiger partial charge in [0.2, 0.25) is 0 Å². The van der Waals surface area contributed by atoms with E-state index in [1.807, 2.05) is 17.4 Å². The number of thiophene rings is 1. The highest BCUT2D eigenvalue weighted by Gasteiger charge is 2.22. The Labute approximate surface area is 322 Å².